The van der Waals surface area contributed by atoms with E-state index in [1.165, 1.54) is 11.3 Å². The molecule has 2 N–H and O–H groups in total. The molecular weight excluding hydrogens is 230 g/mol. The molecule has 1 aliphatic heterocycles. The first-order chi connectivity index (χ1) is 8.67. The van der Waals surface area contributed by atoms with Crippen LogP contribution >= 0.6 is 0 Å². The molecule has 6 heteroatoms. The summed E-state index contributed by atoms with van der Waals surface area (Å²) in [6.07, 6.45) is 2.82. The number of carbonyl (C=O) groups excluding carboxylic acids is 1. The Balaban J connectivity index is 2.30. The minimum atomic E-state index is -0.199. The summed E-state index contributed by atoms with van der Waals surface area (Å²) in [6.45, 7) is 4.32. The lowest BCUT2D eigenvalue weighted by atomic mass is 9.98. The Kier molecular flexibility index (Phi) is 3.66. The molecule has 1 atom stereocenters. The Bertz CT molecular complexity index is 485. The van der Waals surface area contributed by atoms with Gasteiger partial charge in [-0.2, -0.15) is 10.1 Å². The minimum absolute atomic E-state index is 0.0459. The van der Waals surface area contributed by atoms with E-state index in [1.807, 2.05) is 13.8 Å². The zero-order valence-electron chi connectivity index (χ0n) is 10.6. The van der Waals surface area contributed by atoms with Gasteiger partial charge in [0.05, 0.1) is 11.6 Å². The minimum Gasteiger partial charge on any atom is -0.330 e. The summed E-state index contributed by atoms with van der Waals surface area (Å²) in [5.74, 6) is 0.281. The molecule has 18 heavy (non-hydrogen) atoms. The zero-order chi connectivity index (χ0) is 13.1. The third-order valence-electron chi connectivity index (χ3n) is 2.96. The molecular formula is C12H17N5O. The highest BCUT2D eigenvalue weighted by Gasteiger charge is 2.35. The number of carbonyl (C=O) groups is 1. The summed E-state index contributed by atoms with van der Waals surface area (Å²) in [7, 11) is 0. The number of aryl methyl sites for hydroxylation is 1. The van der Waals surface area contributed by atoms with Crippen molar-refractivity contribution in [2.24, 2.45) is 16.8 Å². The molecule has 1 aromatic heterocycles. The quantitative estimate of drug-likeness (QED) is 0.855. The lowest BCUT2D eigenvalue weighted by Gasteiger charge is -2.12. The lowest BCUT2D eigenvalue weighted by Crippen LogP contribution is -2.29. The van der Waals surface area contributed by atoms with E-state index in [0.717, 1.165) is 17.8 Å². The van der Waals surface area contributed by atoms with Crippen molar-refractivity contribution in [1.82, 2.24) is 9.97 Å². The largest absolute Gasteiger partial charge is 0.330 e. The van der Waals surface area contributed by atoms with Gasteiger partial charge in [-0.05, 0) is 26.3 Å². The molecule has 2 rings (SSSR count). The second-order valence-corrected chi connectivity index (χ2v) is 4.24. The van der Waals surface area contributed by atoms with Gasteiger partial charge >= 0.3 is 0 Å². The molecule has 0 aliphatic carbocycles. The molecule has 0 radical (unpaired) electrons. The van der Waals surface area contributed by atoms with E-state index < -0.39 is 0 Å². The first-order valence-electron chi connectivity index (χ1n) is 6.07. The summed E-state index contributed by atoms with van der Waals surface area (Å²) in [5.41, 5.74) is 7.23. The highest BCUT2D eigenvalue weighted by Crippen LogP contribution is 2.25. The average molecular weight is 247 g/mol. The van der Waals surface area contributed by atoms with Gasteiger partial charge in [0.25, 0.3) is 5.91 Å². The Hall–Kier alpha value is -1.82. The van der Waals surface area contributed by atoms with Gasteiger partial charge in [-0.25, -0.2) is 9.97 Å². The van der Waals surface area contributed by atoms with Crippen molar-refractivity contribution < 1.29 is 4.79 Å². The molecule has 96 valence electrons. The van der Waals surface area contributed by atoms with E-state index in [0.29, 0.717) is 18.8 Å². The number of amides is 1. The molecule has 1 aliphatic rings. The van der Waals surface area contributed by atoms with E-state index in [2.05, 4.69) is 15.1 Å². The van der Waals surface area contributed by atoms with Crippen molar-refractivity contribution in [3.05, 3.63) is 18.1 Å². The maximum atomic E-state index is 12.3. The summed E-state index contributed by atoms with van der Waals surface area (Å²) in [5, 5.41) is 5.72. The summed E-state index contributed by atoms with van der Waals surface area (Å²) >= 11 is 0. The number of nitrogens with zero attached hydrogens (tertiary/aromatic N) is 4. The molecule has 2 heterocycles. The fourth-order valence-electron chi connectivity index (χ4n) is 2.03. The number of rotatable bonds is 4. The molecule has 0 saturated heterocycles. The van der Waals surface area contributed by atoms with Crippen LogP contribution in [0.2, 0.25) is 0 Å². The Morgan fingerprint density at radius 2 is 2.22 bits per heavy atom. The zero-order valence-corrected chi connectivity index (χ0v) is 10.6. The smallest absolute Gasteiger partial charge is 0.257 e. The van der Waals surface area contributed by atoms with Gasteiger partial charge in [0.1, 0.15) is 6.33 Å². The van der Waals surface area contributed by atoms with Crippen molar-refractivity contribution in [3.8, 4) is 0 Å². The van der Waals surface area contributed by atoms with E-state index in [-0.39, 0.29) is 11.8 Å². The van der Waals surface area contributed by atoms with E-state index in [1.54, 1.807) is 6.07 Å². The van der Waals surface area contributed by atoms with E-state index in [4.69, 9.17) is 5.73 Å². The molecule has 0 saturated carbocycles. The number of hydrogen-bond acceptors (Lipinski definition) is 5. The van der Waals surface area contributed by atoms with Crippen molar-refractivity contribution in [3.63, 3.8) is 0 Å². The lowest BCUT2D eigenvalue weighted by molar-refractivity contribution is -0.119. The van der Waals surface area contributed by atoms with Crippen molar-refractivity contribution in [2.45, 2.75) is 26.7 Å². The molecule has 1 amide bonds. The fourth-order valence-corrected chi connectivity index (χ4v) is 2.03. The van der Waals surface area contributed by atoms with Crippen LogP contribution in [0.4, 0.5) is 5.82 Å². The van der Waals surface area contributed by atoms with Crippen molar-refractivity contribution >= 4 is 17.4 Å². The van der Waals surface area contributed by atoms with Crippen LogP contribution in [0, 0.1) is 12.8 Å². The second kappa shape index (κ2) is 5.22. The Morgan fingerprint density at radius 1 is 1.44 bits per heavy atom. The van der Waals surface area contributed by atoms with Crippen molar-refractivity contribution in [2.75, 3.05) is 11.6 Å². The summed E-state index contributed by atoms with van der Waals surface area (Å²) < 4.78 is 0. The van der Waals surface area contributed by atoms with Gasteiger partial charge in [0, 0.05) is 11.8 Å². The molecule has 1 aromatic rings. The molecule has 0 spiro atoms. The Morgan fingerprint density at radius 3 is 2.83 bits per heavy atom. The van der Waals surface area contributed by atoms with Crippen LogP contribution in [0.1, 0.15) is 25.5 Å². The number of hydrogen-bond donors (Lipinski definition) is 1. The van der Waals surface area contributed by atoms with Crippen LogP contribution in [-0.4, -0.2) is 28.1 Å². The van der Waals surface area contributed by atoms with Gasteiger partial charge < -0.3 is 5.73 Å². The predicted octanol–water partition coefficient (Wildman–Crippen LogP) is 0.863. The standard InChI is InChI=1S/C12H17N5O/c1-3-10-9(4-5-13)12(18)17(16-10)11-6-8(2)14-7-15-11/h6-7,9H,3-5,13H2,1-2H3. The van der Waals surface area contributed by atoms with Crippen LogP contribution in [-0.2, 0) is 4.79 Å². The Labute approximate surface area is 106 Å². The maximum absolute atomic E-state index is 12.3. The van der Waals surface area contributed by atoms with Crippen LogP contribution in [0.25, 0.3) is 0 Å². The number of nitrogens with two attached hydrogens (primary N) is 1. The van der Waals surface area contributed by atoms with E-state index >= 15 is 0 Å². The van der Waals surface area contributed by atoms with Gasteiger partial charge in [0.15, 0.2) is 5.82 Å². The maximum Gasteiger partial charge on any atom is 0.257 e. The molecule has 0 fully saturated rings. The van der Waals surface area contributed by atoms with Gasteiger partial charge in [-0.1, -0.05) is 6.92 Å². The monoisotopic (exact) mass is 247 g/mol. The molecule has 6 nitrogen and oxygen atoms in total. The number of hydrazone groups is 1. The first-order valence-corrected chi connectivity index (χ1v) is 6.07. The fraction of sp³-hybridized carbons (Fsp3) is 0.500. The second-order valence-electron chi connectivity index (χ2n) is 4.24. The predicted molar refractivity (Wildman–Crippen MR) is 69.1 cm³/mol. The van der Waals surface area contributed by atoms with E-state index in [9.17, 15) is 4.79 Å². The first kappa shape index (κ1) is 12.6. The SMILES string of the molecule is CCC1=NN(c2cc(C)ncn2)C(=O)C1CCN. The third-order valence-corrected chi connectivity index (χ3v) is 2.96. The van der Waals surface area contributed by atoms with Crippen LogP contribution in [0.3, 0.4) is 0 Å². The molecule has 0 aromatic carbocycles. The normalized spacial score (nSPS) is 19.3. The van der Waals surface area contributed by atoms with Gasteiger partial charge in [-0.3, -0.25) is 4.79 Å². The van der Waals surface area contributed by atoms with Crippen molar-refractivity contribution in [1.29, 1.82) is 0 Å². The summed E-state index contributed by atoms with van der Waals surface area (Å²) in [4.78, 5) is 20.4. The van der Waals surface area contributed by atoms with Crippen LogP contribution in [0.5, 0.6) is 0 Å². The highest BCUT2D eigenvalue weighted by atomic mass is 16.2. The summed E-state index contributed by atoms with van der Waals surface area (Å²) in [6, 6.07) is 1.75. The van der Waals surface area contributed by atoms with Gasteiger partial charge in [-0.15, -0.1) is 0 Å². The molecule has 0 bridgehead atoms. The average Bonchev–Trinajstić information content (AvgIpc) is 2.67. The van der Waals surface area contributed by atoms with Crippen LogP contribution < -0.4 is 10.7 Å². The highest BCUT2D eigenvalue weighted by molar-refractivity contribution is 6.15. The topological polar surface area (TPSA) is 84.5 Å². The molecule has 1 unspecified atom stereocenters. The van der Waals surface area contributed by atoms with Gasteiger partial charge in [0.2, 0.25) is 0 Å². The van der Waals surface area contributed by atoms with Crippen LogP contribution in [0.15, 0.2) is 17.5 Å². The number of anilines is 1. The number of aromatic nitrogens is 2. The third kappa shape index (κ3) is 2.24.